The number of rotatable bonds is 21. The standard InChI is InChI=1S/C24H46O9/c1-9-24(26)33-16-23(8)32-15-22(7)31-14-21(6)30-13-20(5)29-12-19(4)28-11-18(3)27-10-17(2)25/h9,17-23,25H,1,10-16H2,2-8H3. The quantitative estimate of drug-likeness (QED) is 0.197. The molecule has 9 heteroatoms. The predicted molar refractivity (Wildman–Crippen MR) is 125 cm³/mol. The van der Waals surface area contributed by atoms with Crippen LogP contribution in [0, 0.1) is 0 Å². The second-order valence-corrected chi connectivity index (χ2v) is 8.55. The van der Waals surface area contributed by atoms with E-state index in [2.05, 4.69) is 6.58 Å². The fourth-order valence-corrected chi connectivity index (χ4v) is 2.35. The number of hydrogen-bond acceptors (Lipinski definition) is 9. The van der Waals surface area contributed by atoms with Crippen molar-refractivity contribution in [2.24, 2.45) is 0 Å². The van der Waals surface area contributed by atoms with Crippen molar-refractivity contribution in [1.82, 2.24) is 0 Å². The van der Waals surface area contributed by atoms with Gasteiger partial charge < -0.3 is 38.3 Å². The van der Waals surface area contributed by atoms with Crippen LogP contribution >= 0.6 is 0 Å². The molecule has 0 aliphatic rings. The molecule has 0 aromatic carbocycles. The number of carbonyl (C=O) groups excluding carboxylic acids is 1. The molecule has 0 fully saturated rings. The lowest BCUT2D eigenvalue weighted by atomic mass is 10.3. The Labute approximate surface area is 199 Å². The number of aliphatic hydroxyl groups excluding tert-OH is 1. The number of esters is 1. The summed E-state index contributed by atoms with van der Waals surface area (Å²) in [5, 5.41) is 9.23. The molecular formula is C24H46O9. The summed E-state index contributed by atoms with van der Waals surface area (Å²) in [6, 6.07) is 0. The molecular weight excluding hydrogens is 432 g/mol. The van der Waals surface area contributed by atoms with Gasteiger partial charge in [0.05, 0.1) is 82.4 Å². The first-order chi connectivity index (χ1) is 15.5. The maximum Gasteiger partial charge on any atom is 0.330 e. The van der Waals surface area contributed by atoms with Crippen LogP contribution in [-0.4, -0.2) is 100 Å². The van der Waals surface area contributed by atoms with Crippen LogP contribution in [0.15, 0.2) is 12.7 Å². The summed E-state index contributed by atoms with van der Waals surface area (Å²) in [6.45, 7) is 19.2. The van der Waals surface area contributed by atoms with Crippen molar-refractivity contribution in [3.05, 3.63) is 12.7 Å². The van der Waals surface area contributed by atoms with Crippen molar-refractivity contribution in [2.45, 2.75) is 91.2 Å². The summed E-state index contributed by atoms with van der Waals surface area (Å²) in [6.07, 6.45) is -0.0391. The van der Waals surface area contributed by atoms with Crippen molar-refractivity contribution < 1.29 is 43.1 Å². The van der Waals surface area contributed by atoms with E-state index in [9.17, 15) is 9.90 Å². The zero-order valence-electron chi connectivity index (χ0n) is 21.5. The lowest BCUT2D eigenvalue weighted by Crippen LogP contribution is -2.30. The summed E-state index contributed by atoms with van der Waals surface area (Å²) in [4.78, 5) is 11.0. The topological polar surface area (TPSA) is 102 Å². The Balaban J connectivity index is 3.83. The van der Waals surface area contributed by atoms with Gasteiger partial charge in [0.25, 0.3) is 0 Å². The van der Waals surface area contributed by atoms with Gasteiger partial charge in [0.1, 0.15) is 6.61 Å². The van der Waals surface area contributed by atoms with Gasteiger partial charge in [-0.15, -0.1) is 0 Å². The molecule has 0 aliphatic carbocycles. The number of hydrogen-bond donors (Lipinski definition) is 1. The van der Waals surface area contributed by atoms with E-state index < -0.39 is 12.1 Å². The van der Waals surface area contributed by atoms with Crippen molar-refractivity contribution in [3.63, 3.8) is 0 Å². The lowest BCUT2D eigenvalue weighted by Gasteiger charge is -2.22. The monoisotopic (exact) mass is 478 g/mol. The van der Waals surface area contributed by atoms with Gasteiger partial charge in [-0.25, -0.2) is 4.79 Å². The third-order valence-electron chi connectivity index (χ3n) is 4.33. The van der Waals surface area contributed by atoms with Crippen molar-refractivity contribution in [3.8, 4) is 0 Å². The summed E-state index contributed by atoms with van der Waals surface area (Å²) in [5.74, 6) is -0.464. The van der Waals surface area contributed by atoms with Crippen LogP contribution in [0.1, 0.15) is 48.5 Å². The molecule has 0 aromatic heterocycles. The second-order valence-electron chi connectivity index (χ2n) is 8.55. The van der Waals surface area contributed by atoms with E-state index in [1.54, 1.807) is 6.92 Å². The number of carbonyl (C=O) groups is 1. The average Bonchev–Trinajstić information content (AvgIpc) is 2.78. The van der Waals surface area contributed by atoms with Crippen LogP contribution in [0.2, 0.25) is 0 Å². The van der Waals surface area contributed by atoms with E-state index in [1.165, 1.54) is 0 Å². The molecule has 9 nitrogen and oxygen atoms in total. The van der Waals surface area contributed by atoms with Crippen molar-refractivity contribution in [1.29, 1.82) is 0 Å². The highest BCUT2D eigenvalue weighted by Gasteiger charge is 2.14. The first-order valence-electron chi connectivity index (χ1n) is 11.7. The zero-order valence-corrected chi connectivity index (χ0v) is 21.5. The molecule has 0 aromatic rings. The minimum absolute atomic E-state index is 0.0747. The van der Waals surface area contributed by atoms with Gasteiger partial charge in [0.2, 0.25) is 0 Å². The number of ether oxygens (including phenoxy) is 7. The van der Waals surface area contributed by atoms with Crippen LogP contribution in [0.5, 0.6) is 0 Å². The van der Waals surface area contributed by atoms with E-state index in [0.717, 1.165) is 6.08 Å². The third-order valence-corrected chi connectivity index (χ3v) is 4.33. The van der Waals surface area contributed by atoms with E-state index in [-0.39, 0.29) is 43.2 Å². The fourth-order valence-electron chi connectivity index (χ4n) is 2.35. The third kappa shape index (κ3) is 20.1. The summed E-state index contributed by atoms with van der Waals surface area (Å²) < 4.78 is 39.1. The minimum Gasteiger partial charge on any atom is -0.460 e. The fraction of sp³-hybridized carbons (Fsp3) is 0.875. The molecule has 1 N–H and O–H groups in total. The Hall–Kier alpha value is -1.07. The van der Waals surface area contributed by atoms with Crippen LogP contribution in [-0.2, 0) is 38.0 Å². The molecule has 7 atom stereocenters. The molecule has 0 bridgehead atoms. The van der Waals surface area contributed by atoms with Crippen molar-refractivity contribution >= 4 is 5.97 Å². The number of aliphatic hydroxyl groups is 1. The molecule has 0 amide bonds. The van der Waals surface area contributed by atoms with Crippen molar-refractivity contribution in [2.75, 3.05) is 46.2 Å². The summed E-state index contributed by atoms with van der Waals surface area (Å²) in [5.41, 5.74) is 0. The average molecular weight is 479 g/mol. The predicted octanol–water partition coefficient (Wildman–Crippen LogP) is 2.53. The van der Waals surface area contributed by atoms with Crippen LogP contribution < -0.4 is 0 Å². The van der Waals surface area contributed by atoms with Gasteiger partial charge in [-0.05, 0) is 48.5 Å². The van der Waals surface area contributed by atoms with Crippen LogP contribution in [0.25, 0.3) is 0 Å². The van der Waals surface area contributed by atoms with Gasteiger partial charge >= 0.3 is 5.97 Å². The molecule has 0 saturated heterocycles. The van der Waals surface area contributed by atoms with E-state index in [4.69, 9.17) is 33.2 Å². The van der Waals surface area contributed by atoms with Gasteiger partial charge in [-0.1, -0.05) is 6.58 Å². The molecule has 33 heavy (non-hydrogen) atoms. The Bertz CT molecular complexity index is 500. The summed E-state index contributed by atoms with van der Waals surface area (Å²) in [7, 11) is 0. The Morgan fingerprint density at radius 1 is 0.606 bits per heavy atom. The Morgan fingerprint density at radius 2 is 0.879 bits per heavy atom. The highest BCUT2D eigenvalue weighted by molar-refractivity contribution is 5.81. The highest BCUT2D eigenvalue weighted by Crippen LogP contribution is 2.04. The first kappa shape index (κ1) is 31.9. The molecule has 0 rings (SSSR count). The maximum atomic E-state index is 11.0. The molecule has 0 spiro atoms. The maximum absolute atomic E-state index is 11.0. The van der Waals surface area contributed by atoms with E-state index >= 15 is 0 Å². The summed E-state index contributed by atoms with van der Waals surface area (Å²) >= 11 is 0. The molecule has 196 valence electrons. The van der Waals surface area contributed by atoms with E-state index in [0.29, 0.717) is 39.6 Å². The highest BCUT2D eigenvalue weighted by atomic mass is 16.6. The van der Waals surface area contributed by atoms with Crippen LogP contribution in [0.4, 0.5) is 0 Å². The van der Waals surface area contributed by atoms with Crippen LogP contribution in [0.3, 0.4) is 0 Å². The first-order valence-corrected chi connectivity index (χ1v) is 11.7. The lowest BCUT2D eigenvalue weighted by molar-refractivity contribution is -0.143. The normalized spacial score (nSPS) is 18.1. The van der Waals surface area contributed by atoms with Gasteiger partial charge in [-0.2, -0.15) is 0 Å². The molecule has 7 unspecified atom stereocenters. The Kier molecular flexibility index (Phi) is 18.6. The van der Waals surface area contributed by atoms with Gasteiger partial charge in [0, 0.05) is 6.08 Å². The molecule has 0 saturated carbocycles. The van der Waals surface area contributed by atoms with Gasteiger partial charge in [0.15, 0.2) is 0 Å². The molecule has 0 heterocycles. The van der Waals surface area contributed by atoms with E-state index in [1.807, 2.05) is 41.5 Å². The molecule has 0 radical (unpaired) electrons. The molecule has 0 aliphatic heterocycles. The van der Waals surface area contributed by atoms with Gasteiger partial charge in [-0.3, -0.25) is 0 Å². The SMILES string of the molecule is C=CC(=O)OCC(C)OCC(C)OCC(C)OCC(C)OCC(C)OCC(C)OCC(C)O. The minimum atomic E-state index is -0.484. The Morgan fingerprint density at radius 3 is 1.15 bits per heavy atom. The smallest absolute Gasteiger partial charge is 0.330 e. The second kappa shape index (κ2) is 19.3. The zero-order chi connectivity index (χ0) is 25.2. The largest absolute Gasteiger partial charge is 0.460 e.